The van der Waals surface area contributed by atoms with E-state index in [9.17, 15) is 17.6 Å². The number of carbonyl (C=O) groups excluding carboxylic acids is 1. The average Bonchev–Trinajstić information content (AvgIpc) is 2.78. The molecule has 1 aliphatic heterocycles. The van der Waals surface area contributed by atoms with E-state index < -0.39 is 27.8 Å². The summed E-state index contributed by atoms with van der Waals surface area (Å²) >= 11 is 0. The van der Waals surface area contributed by atoms with E-state index in [1.54, 1.807) is 24.3 Å². The van der Waals surface area contributed by atoms with Gasteiger partial charge >= 0.3 is 0 Å². The normalized spacial score (nSPS) is 16.4. The van der Waals surface area contributed by atoms with Crippen LogP contribution in [0.15, 0.2) is 77.7 Å². The second kappa shape index (κ2) is 8.49. The zero-order chi connectivity index (χ0) is 22.0. The number of halogens is 1. The molecule has 1 atom stereocenters. The van der Waals surface area contributed by atoms with Crippen molar-refractivity contribution in [1.29, 1.82) is 0 Å². The monoisotopic (exact) mass is 440 g/mol. The number of benzene rings is 3. The van der Waals surface area contributed by atoms with Crippen LogP contribution in [0.25, 0.3) is 0 Å². The van der Waals surface area contributed by atoms with E-state index in [-0.39, 0.29) is 17.9 Å². The van der Waals surface area contributed by atoms with E-state index >= 15 is 0 Å². The number of nitrogens with zero attached hydrogens (tertiary/aromatic N) is 1. The molecule has 31 heavy (non-hydrogen) atoms. The Labute approximate surface area is 180 Å². The summed E-state index contributed by atoms with van der Waals surface area (Å²) in [5, 5.41) is 2.79. The second-order valence-electron chi connectivity index (χ2n) is 7.18. The van der Waals surface area contributed by atoms with Gasteiger partial charge in [-0.1, -0.05) is 36.4 Å². The fourth-order valence-electron chi connectivity index (χ4n) is 3.68. The Morgan fingerprint density at radius 2 is 1.65 bits per heavy atom. The molecule has 1 N–H and O–H groups in total. The van der Waals surface area contributed by atoms with Gasteiger partial charge in [0.05, 0.1) is 17.7 Å². The van der Waals surface area contributed by atoms with Crippen LogP contribution in [0.3, 0.4) is 0 Å². The lowest BCUT2D eigenvalue weighted by atomic mass is 9.95. The first-order valence-corrected chi connectivity index (χ1v) is 11.1. The van der Waals surface area contributed by atoms with Gasteiger partial charge in [-0.3, -0.25) is 4.79 Å². The summed E-state index contributed by atoms with van der Waals surface area (Å²) in [7, 11) is -2.56. The highest BCUT2D eigenvalue weighted by Gasteiger charge is 2.39. The molecule has 160 valence electrons. The fraction of sp³-hybridized carbons (Fsp3) is 0.174. The number of amides is 1. The number of carbonyl (C=O) groups is 1. The molecule has 1 aliphatic rings. The molecular weight excluding hydrogens is 419 g/mol. The van der Waals surface area contributed by atoms with Crippen molar-refractivity contribution in [3.8, 4) is 5.75 Å². The van der Waals surface area contributed by atoms with Crippen LogP contribution in [-0.2, 0) is 27.8 Å². The molecule has 0 saturated heterocycles. The molecule has 0 aromatic heterocycles. The van der Waals surface area contributed by atoms with E-state index in [1.807, 2.05) is 24.3 Å². The lowest BCUT2D eigenvalue weighted by Gasteiger charge is -2.35. The van der Waals surface area contributed by atoms with E-state index in [2.05, 4.69) is 5.32 Å². The van der Waals surface area contributed by atoms with Crippen LogP contribution in [0, 0.1) is 5.82 Å². The molecule has 4 rings (SSSR count). The smallest absolute Gasteiger partial charge is 0.244 e. The van der Waals surface area contributed by atoms with Gasteiger partial charge in [-0.25, -0.2) is 12.8 Å². The number of sulfonamides is 1. The number of ether oxygens (including phenoxy) is 1. The van der Waals surface area contributed by atoms with E-state index in [4.69, 9.17) is 4.74 Å². The van der Waals surface area contributed by atoms with E-state index in [0.29, 0.717) is 11.4 Å². The Kier molecular flexibility index (Phi) is 5.75. The van der Waals surface area contributed by atoms with Crippen molar-refractivity contribution in [2.45, 2.75) is 23.9 Å². The molecule has 0 spiro atoms. The Balaban J connectivity index is 1.72. The third-order valence-corrected chi connectivity index (χ3v) is 7.16. The van der Waals surface area contributed by atoms with E-state index in [0.717, 1.165) is 23.3 Å². The third kappa shape index (κ3) is 4.17. The molecule has 1 unspecified atom stereocenters. The minimum absolute atomic E-state index is 0.0416. The molecule has 1 amide bonds. The van der Waals surface area contributed by atoms with Crippen LogP contribution in [0.5, 0.6) is 5.75 Å². The molecule has 1 heterocycles. The first-order valence-electron chi connectivity index (χ1n) is 9.68. The number of hydrogen-bond acceptors (Lipinski definition) is 4. The zero-order valence-corrected chi connectivity index (χ0v) is 17.6. The van der Waals surface area contributed by atoms with Crippen LogP contribution in [0.1, 0.15) is 11.1 Å². The predicted octanol–water partition coefficient (Wildman–Crippen LogP) is 3.59. The van der Waals surface area contributed by atoms with Gasteiger partial charge in [0.25, 0.3) is 0 Å². The van der Waals surface area contributed by atoms with Gasteiger partial charge in [0, 0.05) is 6.54 Å². The Hall–Kier alpha value is -3.23. The standard InChI is InChI=1S/C23H21FN2O4S/c1-30-22-9-5-4-8-20(22)25-23(27)21-14-16-6-2-3-7-17(16)15-26(21)31(28,29)19-12-10-18(24)11-13-19/h2-13,21H,14-15H2,1H3,(H,25,27). The number of para-hydroxylation sites is 2. The number of hydrogen-bond donors (Lipinski definition) is 1. The largest absolute Gasteiger partial charge is 0.495 e. The van der Waals surface area contributed by atoms with Crippen LogP contribution in [-0.4, -0.2) is 31.8 Å². The number of fused-ring (bicyclic) bond motifs is 1. The maximum Gasteiger partial charge on any atom is 0.244 e. The highest BCUT2D eigenvalue weighted by atomic mass is 32.2. The average molecular weight is 440 g/mol. The molecular formula is C23H21FN2O4S. The number of anilines is 1. The van der Waals surface area contributed by atoms with Crippen LogP contribution < -0.4 is 10.1 Å². The predicted molar refractivity (Wildman–Crippen MR) is 115 cm³/mol. The minimum Gasteiger partial charge on any atom is -0.495 e. The van der Waals surface area contributed by atoms with Gasteiger partial charge in [0.2, 0.25) is 15.9 Å². The summed E-state index contributed by atoms with van der Waals surface area (Å²) in [5.74, 6) is -0.530. The fourth-order valence-corrected chi connectivity index (χ4v) is 5.25. The molecule has 8 heteroatoms. The van der Waals surface area contributed by atoms with Crippen LogP contribution in [0.4, 0.5) is 10.1 Å². The Morgan fingerprint density at radius 3 is 2.35 bits per heavy atom. The zero-order valence-electron chi connectivity index (χ0n) is 16.8. The molecule has 3 aromatic rings. The first kappa shape index (κ1) is 21.0. The highest BCUT2D eigenvalue weighted by Crippen LogP contribution is 2.31. The van der Waals surface area contributed by atoms with Crippen molar-refractivity contribution in [2.75, 3.05) is 12.4 Å². The van der Waals surface area contributed by atoms with Crippen molar-refractivity contribution in [1.82, 2.24) is 4.31 Å². The molecule has 0 aliphatic carbocycles. The Bertz CT molecular complexity index is 1210. The molecule has 0 radical (unpaired) electrons. The quantitative estimate of drug-likeness (QED) is 0.658. The summed E-state index contributed by atoms with van der Waals surface area (Å²) in [6.07, 6.45) is 0.220. The highest BCUT2D eigenvalue weighted by molar-refractivity contribution is 7.89. The van der Waals surface area contributed by atoms with Crippen LogP contribution >= 0.6 is 0 Å². The third-order valence-electron chi connectivity index (χ3n) is 5.29. The van der Waals surface area contributed by atoms with Crippen molar-refractivity contribution in [3.63, 3.8) is 0 Å². The van der Waals surface area contributed by atoms with Gasteiger partial charge in [-0.2, -0.15) is 4.31 Å². The van der Waals surface area contributed by atoms with E-state index in [1.165, 1.54) is 23.5 Å². The van der Waals surface area contributed by atoms with Gasteiger partial charge in [0.15, 0.2) is 0 Å². The molecule has 6 nitrogen and oxygen atoms in total. The van der Waals surface area contributed by atoms with Crippen molar-refractivity contribution < 1.29 is 22.3 Å². The first-order chi connectivity index (χ1) is 14.9. The molecule has 0 saturated carbocycles. The topological polar surface area (TPSA) is 75.7 Å². The lowest BCUT2D eigenvalue weighted by Crippen LogP contribution is -2.50. The maximum absolute atomic E-state index is 13.4. The van der Waals surface area contributed by atoms with Gasteiger partial charge < -0.3 is 10.1 Å². The minimum atomic E-state index is -4.05. The van der Waals surface area contributed by atoms with Crippen LogP contribution in [0.2, 0.25) is 0 Å². The number of nitrogens with one attached hydrogen (secondary N) is 1. The lowest BCUT2D eigenvalue weighted by molar-refractivity contribution is -0.120. The van der Waals surface area contributed by atoms with Crippen molar-refractivity contribution in [3.05, 3.63) is 89.7 Å². The van der Waals surface area contributed by atoms with Gasteiger partial charge in [-0.15, -0.1) is 0 Å². The maximum atomic E-state index is 13.4. The van der Waals surface area contributed by atoms with Crippen molar-refractivity contribution in [2.24, 2.45) is 0 Å². The summed E-state index contributed by atoms with van der Waals surface area (Å²) in [4.78, 5) is 13.2. The Morgan fingerprint density at radius 1 is 1.00 bits per heavy atom. The summed E-state index contributed by atoms with van der Waals surface area (Å²) in [5.41, 5.74) is 2.19. The second-order valence-corrected chi connectivity index (χ2v) is 9.07. The summed E-state index contributed by atoms with van der Waals surface area (Å²) in [6, 6.07) is 18.0. The summed E-state index contributed by atoms with van der Waals surface area (Å²) < 4.78 is 46.6. The van der Waals surface area contributed by atoms with Crippen molar-refractivity contribution >= 4 is 21.6 Å². The number of rotatable bonds is 5. The SMILES string of the molecule is COc1ccccc1NC(=O)C1Cc2ccccc2CN1S(=O)(=O)c1ccc(F)cc1. The molecule has 0 bridgehead atoms. The summed E-state index contributed by atoms with van der Waals surface area (Å²) in [6.45, 7) is 0.0416. The van der Waals surface area contributed by atoms with Gasteiger partial charge in [-0.05, 0) is 53.9 Å². The molecule has 3 aromatic carbocycles. The molecule has 0 fully saturated rings. The number of methoxy groups -OCH3 is 1. The van der Waals surface area contributed by atoms with Gasteiger partial charge in [0.1, 0.15) is 17.6 Å².